The van der Waals surface area contributed by atoms with E-state index in [-0.39, 0.29) is 16.7 Å². The summed E-state index contributed by atoms with van der Waals surface area (Å²) in [4.78, 5) is 17.8. The van der Waals surface area contributed by atoms with Crippen molar-refractivity contribution in [1.82, 2.24) is 15.0 Å². The van der Waals surface area contributed by atoms with Crippen molar-refractivity contribution in [3.8, 4) is 22.8 Å². The number of allylic oxidation sites excluding steroid dienone is 17. The van der Waals surface area contributed by atoms with Crippen molar-refractivity contribution in [2.24, 2.45) is 17.3 Å². The van der Waals surface area contributed by atoms with E-state index in [1.165, 1.54) is 71.5 Å². The van der Waals surface area contributed by atoms with Gasteiger partial charge in [0.05, 0.1) is 5.41 Å². The van der Waals surface area contributed by atoms with Crippen molar-refractivity contribution in [3.05, 3.63) is 224 Å². The summed E-state index contributed by atoms with van der Waals surface area (Å²) >= 11 is 1.98. The van der Waals surface area contributed by atoms with Gasteiger partial charge in [0.2, 0.25) is 0 Å². The van der Waals surface area contributed by atoms with Crippen LogP contribution in [0.5, 0.6) is 0 Å². The van der Waals surface area contributed by atoms with E-state index in [2.05, 4.69) is 185 Å². The molecule has 0 bridgehead atoms. The third-order valence-electron chi connectivity index (χ3n) is 16.9. The topological polar surface area (TPSA) is 38.7 Å². The molecule has 0 N–H and O–H groups in total. The maximum absolute atomic E-state index is 5.53. The first-order valence-electron chi connectivity index (χ1n) is 24.6. The summed E-state index contributed by atoms with van der Waals surface area (Å²) in [6.07, 6.45) is 36.0. The highest BCUT2D eigenvalue weighted by molar-refractivity contribution is 7.19. The van der Waals surface area contributed by atoms with E-state index in [4.69, 9.17) is 15.0 Å². The number of benzene rings is 4. The Morgan fingerprint density at radius 3 is 2.34 bits per heavy atom. The molecule has 4 aromatic carbocycles. The quantitative estimate of drug-likeness (QED) is 0.173. The van der Waals surface area contributed by atoms with E-state index >= 15 is 0 Å². The van der Waals surface area contributed by atoms with Gasteiger partial charge in [-0.05, 0) is 130 Å². The predicted octanol–water partition coefficient (Wildman–Crippen LogP) is 15.6. The zero-order valence-electron chi connectivity index (χ0n) is 38.5. The molecule has 4 heteroatoms. The molecule has 5 unspecified atom stereocenters. The highest BCUT2D eigenvalue weighted by Crippen LogP contribution is 2.71. The molecule has 0 aliphatic heterocycles. The van der Waals surface area contributed by atoms with Gasteiger partial charge < -0.3 is 0 Å². The second-order valence-corrected chi connectivity index (χ2v) is 22.3. The first-order chi connectivity index (χ1) is 32.8. The van der Waals surface area contributed by atoms with Crippen LogP contribution >= 0.6 is 11.3 Å². The Hall–Kier alpha value is -6.49. The fraction of sp³-hybridized carbons (Fsp3) is 0.254. The van der Waals surface area contributed by atoms with Crippen LogP contribution in [0.4, 0.5) is 0 Å². The monoisotopic (exact) mass is 883 g/mol. The Morgan fingerprint density at radius 1 is 0.672 bits per heavy atom. The van der Waals surface area contributed by atoms with Gasteiger partial charge in [0, 0.05) is 43.0 Å². The third-order valence-corrected chi connectivity index (χ3v) is 18.2. The highest BCUT2D eigenvalue weighted by Gasteiger charge is 2.60. The molecule has 6 aromatic rings. The maximum Gasteiger partial charge on any atom is 0.164 e. The molecule has 1 fully saturated rings. The number of rotatable bonds is 5. The Morgan fingerprint density at radius 2 is 1.49 bits per heavy atom. The number of fused-ring (bicyclic) bond motifs is 11. The van der Waals surface area contributed by atoms with Crippen LogP contribution in [0.1, 0.15) is 109 Å². The summed E-state index contributed by atoms with van der Waals surface area (Å²) in [5.41, 5.74) is 18.7. The lowest BCUT2D eigenvalue weighted by atomic mass is 9.52. The van der Waals surface area contributed by atoms with Crippen LogP contribution < -0.4 is 0 Å². The fourth-order valence-corrected chi connectivity index (χ4v) is 14.5. The summed E-state index contributed by atoms with van der Waals surface area (Å²) in [7, 11) is 0. The Balaban J connectivity index is 0.986. The van der Waals surface area contributed by atoms with E-state index in [1.807, 2.05) is 11.3 Å². The van der Waals surface area contributed by atoms with Gasteiger partial charge in [-0.25, -0.2) is 15.0 Å². The molecule has 3 nitrogen and oxygen atoms in total. The van der Waals surface area contributed by atoms with Crippen LogP contribution in [0.25, 0.3) is 50.1 Å². The van der Waals surface area contributed by atoms with E-state index in [1.54, 1.807) is 11.1 Å². The van der Waals surface area contributed by atoms with Crippen molar-refractivity contribution in [2.75, 3.05) is 0 Å². The lowest BCUT2D eigenvalue weighted by Gasteiger charge is -2.50. The van der Waals surface area contributed by atoms with Crippen LogP contribution in [0.2, 0.25) is 0 Å². The number of nitrogens with zero attached hydrogens (tertiary/aromatic N) is 3. The number of hydrogen-bond donors (Lipinski definition) is 0. The van der Waals surface area contributed by atoms with Crippen molar-refractivity contribution in [1.29, 1.82) is 0 Å². The molecule has 67 heavy (non-hydrogen) atoms. The first kappa shape index (κ1) is 39.7. The third kappa shape index (κ3) is 5.84. The SMILES string of the molecule is CC12CC1=CC1=C(C2)C2(C3=C(CC(c4ccc5sc6c(c5c4)C=CCC6)C=C3)c3c(-c4nc(C5=CCC(C6C=CC=CC6)C=C5)nc(-c5ccccc5)n4)cccc32)c2ccccc2C1(C)C. The molecule has 0 saturated heterocycles. The van der Waals surface area contributed by atoms with Crippen molar-refractivity contribution < 1.29 is 0 Å². The largest absolute Gasteiger partial charge is 0.208 e. The number of hydrogen-bond acceptors (Lipinski definition) is 4. The van der Waals surface area contributed by atoms with Crippen LogP contribution in [-0.4, -0.2) is 15.0 Å². The van der Waals surface area contributed by atoms with E-state index < -0.39 is 5.41 Å². The van der Waals surface area contributed by atoms with Gasteiger partial charge in [0.25, 0.3) is 0 Å². The minimum atomic E-state index is -0.442. The van der Waals surface area contributed by atoms with Crippen molar-refractivity contribution in [2.45, 2.75) is 82.5 Å². The number of aryl methyl sites for hydroxylation is 1. The van der Waals surface area contributed by atoms with E-state index in [0.717, 1.165) is 66.9 Å². The normalized spacial score (nSPS) is 26.8. The lowest BCUT2D eigenvalue weighted by Crippen LogP contribution is -2.42. The van der Waals surface area contributed by atoms with Gasteiger partial charge in [-0.3, -0.25) is 0 Å². The van der Waals surface area contributed by atoms with Gasteiger partial charge in [0.1, 0.15) is 0 Å². The maximum atomic E-state index is 5.53. The average Bonchev–Trinajstić information content (AvgIpc) is 3.78. The molecule has 8 aliphatic rings. The lowest BCUT2D eigenvalue weighted by molar-refractivity contribution is 0.478. The molecule has 1 spiro atoms. The molecule has 326 valence electrons. The Bertz CT molecular complexity index is 3450. The number of thiophene rings is 1. The summed E-state index contributed by atoms with van der Waals surface area (Å²) < 4.78 is 1.40. The summed E-state index contributed by atoms with van der Waals surface area (Å²) in [5, 5.41) is 1.40. The van der Waals surface area contributed by atoms with Crippen molar-refractivity contribution >= 4 is 38.6 Å². The van der Waals surface area contributed by atoms with Crippen LogP contribution in [0, 0.1) is 17.3 Å². The zero-order valence-corrected chi connectivity index (χ0v) is 39.3. The molecule has 2 aromatic heterocycles. The minimum Gasteiger partial charge on any atom is -0.208 e. The second kappa shape index (κ2) is 14.5. The molecular weight excluding hydrogens is 831 g/mol. The first-order valence-corrected chi connectivity index (χ1v) is 25.5. The summed E-state index contributed by atoms with van der Waals surface area (Å²) in [6, 6.07) is 34.3. The molecule has 0 radical (unpaired) electrons. The van der Waals surface area contributed by atoms with Gasteiger partial charge in [-0.15, -0.1) is 11.3 Å². The van der Waals surface area contributed by atoms with Gasteiger partial charge in [0.15, 0.2) is 17.5 Å². The van der Waals surface area contributed by atoms with E-state index in [0.29, 0.717) is 17.7 Å². The number of aromatic nitrogens is 3. The molecule has 5 atom stereocenters. The van der Waals surface area contributed by atoms with Crippen LogP contribution in [0.15, 0.2) is 180 Å². The molecule has 2 heterocycles. The van der Waals surface area contributed by atoms with E-state index in [9.17, 15) is 0 Å². The smallest absolute Gasteiger partial charge is 0.164 e. The molecule has 1 saturated carbocycles. The standard InChI is InChI=1S/C63H53N3S/c1-61(2)50-21-11-12-22-51(50)63(54-37-62(3)36-44(62)35-53(54)61)49-31-29-42(43-30-32-56-47(33-43)45-19-10-13-24-55(45)67-56)34-48(49)57-46(20-14-23-52(57)63)60-65-58(40-17-8-5-9-18-40)64-59(66-60)41-27-25-39(26-28-41)38-15-6-4-7-16-38/h4-12,14-15,17-23,25,27-33,35,38-39,42H,13,16,24,26,34,36-37H2,1-3H3. The van der Waals surface area contributed by atoms with Crippen LogP contribution in [-0.2, 0) is 17.3 Å². The fourth-order valence-electron chi connectivity index (χ4n) is 13.3. The van der Waals surface area contributed by atoms with Crippen molar-refractivity contribution in [3.63, 3.8) is 0 Å². The zero-order chi connectivity index (χ0) is 44.6. The Labute approximate surface area is 398 Å². The molecule has 0 amide bonds. The minimum absolute atomic E-state index is 0.127. The summed E-state index contributed by atoms with van der Waals surface area (Å²) in [6.45, 7) is 7.44. The van der Waals surface area contributed by atoms with Gasteiger partial charge in [-0.2, -0.15) is 0 Å². The van der Waals surface area contributed by atoms with Gasteiger partial charge >= 0.3 is 0 Å². The molecule has 14 rings (SSSR count). The van der Waals surface area contributed by atoms with Crippen LogP contribution in [0.3, 0.4) is 0 Å². The average molecular weight is 884 g/mol. The summed E-state index contributed by atoms with van der Waals surface area (Å²) in [5.74, 6) is 3.38. The van der Waals surface area contributed by atoms with Gasteiger partial charge in [-0.1, -0.05) is 178 Å². The highest BCUT2D eigenvalue weighted by atomic mass is 32.1. The second-order valence-electron chi connectivity index (χ2n) is 21.1. The molecule has 8 aliphatic carbocycles. The predicted molar refractivity (Wildman–Crippen MR) is 278 cm³/mol. The Kier molecular flexibility index (Phi) is 8.59. The molecular formula is C63H53N3S.